The van der Waals surface area contributed by atoms with E-state index >= 15 is 0 Å². The van der Waals surface area contributed by atoms with Crippen LogP contribution in [0.15, 0.2) is 53.8 Å². The smallest absolute Gasteiger partial charge is 0.388 e. The first-order chi connectivity index (χ1) is 10.9. The predicted octanol–water partition coefficient (Wildman–Crippen LogP) is 2.01. The molecule has 1 aromatic heterocycles. The molecule has 0 amide bonds. The summed E-state index contributed by atoms with van der Waals surface area (Å²) in [5.74, 6) is 0. The van der Waals surface area contributed by atoms with Crippen molar-refractivity contribution >= 4 is 24.1 Å². The third-order valence-electron chi connectivity index (χ3n) is 3.71. The van der Waals surface area contributed by atoms with Crippen LogP contribution in [-0.2, 0) is 0 Å². The topological polar surface area (TPSA) is 46.5 Å². The summed E-state index contributed by atoms with van der Waals surface area (Å²) in [7, 11) is 3.74. The third-order valence-corrected chi connectivity index (χ3v) is 3.71. The third kappa shape index (κ3) is 2.40. The van der Waals surface area contributed by atoms with Crippen LogP contribution in [0.4, 0.5) is 20.0 Å². The van der Waals surface area contributed by atoms with E-state index in [1.807, 2.05) is 25.1 Å². The minimum absolute atomic E-state index is 0.0462. The lowest BCUT2D eigenvalue weighted by molar-refractivity contribution is -0.569. The van der Waals surface area contributed by atoms with Gasteiger partial charge in [-0.1, -0.05) is 6.07 Å². The van der Waals surface area contributed by atoms with Crippen LogP contribution >= 0.6 is 0 Å². The van der Waals surface area contributed by atoms with Gasteiger partial charge in [-0.25, -0.2) is 0 Å². The standard InChI is InChI=1S/C15H14BF2N5/c1-21(2)12-6-8-13(9-7-12)23-16(17,18)22-10-4-3-5-15(22)14(11-19)20-23/h3-10H,1-2H3. The van der Waals surface area contributed by atoms with Crippen LogP contribution in [0.25, 0.3) is 0 Å². The van der Waals surface area contributed by atoms with Gasteiger partial charge < -0.3 is 22.9 Å². The van der Waals surface area contributed by atoms with E-state index < -0.39 is 6.97 Å². The van der Waals surface area contributed by atoms with Gasteiger partial charge in [-0.05, 0) is 30.3 Å². The summed E-state index contributed by atoms with van der Waals surface area (Å²) >= 11 is 0. The van der Waals surface area contributed by atoms with Gasteiger partial charge >= 0.3 is 6.97 Å². The quantitative estimate of drug-likeness (QED) is 0.797. The first kappa shape index (κ1) is 15.0. The number of hydrogen-bond donors (Lipinski definition) is 0. The molecule has 0 N–H and O–H groups in total. The maximum Gasteiger partial charge on any atom is 0.753 e. The van der Waals surface area contributed by atoms with Crippen LogP contribution in [0, 0.1) is 11.3 Å². The number of rotatable bonds is 2. The summed E-state index contributed by atoms with van der Waals surface area (Å²) < 4.78 is 30.5. The zero-order valence-corrected chi connectivity index (χ0v) is 12.7. The minimum atomic E-state index is -4.16. The van der Waals surface area contributed by atoms with Crippen LogP contribution < -0.4 is 14.3 Å². The maximum absolute atomic E-state index is 14.8. The Morgan fingerprint density at radius 3 is 2.48 bits per heavy atom. The predicted molar refractivity (Wildman–Crippen MR) is 85.4 cm³/mol. The number of hydrazone groups is 1. The number of aromatic nitrogens is 1. The Morgan fingerprint density at radius 2 is 1.87 bits per heavy atom. The van der Waals surface area contributed by atoms with Gasteiger partial charge in [0.2, 0.25) is 5.71 Å². The van der Waals surface area contributed by atoms with Crippen molar-refractivity contribution in [2.24, 2.45) is 5.10 Å². The Bertz CT molecular complexity index is 811. The SMILES string of the molecule is CN(C)c1ccc(N2N=C(C#N)c3cccc[n+]3[B-]2(F)F)cc1. The lowest BCUT2D eigenvalue weighted by Gasteiger charge is -2.34. The first-order valence-electron chi connectivity index (χ1n) is 7.03. The lowest BCUT2D eigenvalue weighted by atomic mass is 9.91. The molecule has 116 valence electrons. The van der Waals surface area contributed by atoms with E-state index in [2.05, 4.69) is 5.10 Å². The number of fused-ring (bicyclic) bond motifs is 1. The van der Waals surface area contributed by atoms with Crippen molar-refractivity contribution in [1.82, 2.24) is 0 Å². The van der Waals surface area contributed by atoms with Crippen LogP contribution in [0.5, 0.6) is 0 Å². The zero-order chi connectivity index (χ0) is 16.6. The summed E-state index contributed by atoms with van der Waals surface area (Å²) in [5, 5.41) is 13.1. The molecule has 3 rings (SSSR count). The van der Waals surface area contributed by atoms with Gasteiger partial charge in [0, 0.05) is 31.5 Å². The van der Waals surface area contributed by atoms with E-state index in [1.165, 1.54) is 18.3 Å². The molecule has 0 atom stereocenters. The second-order valence-corrected chi connectivity index (χ2v) is 5.40. The molecule has 0 fully saturated rings. The van der Waals surface area contributed by atoms with E-state index in [-0.39, 0.29) is 17.1 Å². The van der Waals surface area contributed by atoms with E-state index in [9.17, 15) is 13.9 Å². The van der Waals surface area contributed by atoms with E-state index in [4.69, 9.17) is 0 Å². The average Bonchev–Trinajstić information content (AvgIpc) is 2.55. The minimum Gasteiger partial charge on any atom is -0.388 e. The number of pyridine rings is 1. The first-order valence-corrected chi connectivity index (χ1v) is 7.03. The molecule has 1 aliphatic heterocycles. The Hall–Kier alpha value is -2.95. The van der Waals surface area contributed by atoms with Crippen LogP contribution in [0.3, 0.4) is 0 Å². The van der Waals surface area contributed by atoms with Crippen molar-refractivity contribution < 1.29 is 13.1 Å². The summed E-state index contributed by atoms with van der Waals surface area (Å²) in [5.41, 5.74) is 1.19. The van der Waals surface area contributed by atoms with Crippen molar-refractivity contribution in [3.05, 3.63) is 54.4 Å². The van der Waals surface area contributed by atoms with Gasteiger partial charge in [-0.2, -0.15) is 10.4 Å². The number of halogens is 2. The molecule has 0 radical (unpaired) electrons. The van der Waals surface area contributed by atoms with Crippen molar-refractivity contribution in [3.63, 3.8) is 0 Å². The highest BCUT2D eigenvalue weighted by Crippen LogP contribution is 2.27. The molecule has 0 spiro atoms. The Kier molecular flexibility index (Phi) is 3.49. The van der Waals surface area contributed by atoms with Crippen LogP contribution in [-0.4, -0.2) is 26.8 Å². The molecule has 0 saturated heterocycles. The fourth-order valence-electron chi connectivity index (χ4n) is 2.49. The highest BCUT2D eigenvalue weighted by Gasteiger charge is 2.52. The van der Waals surface area contributed by atoms with E-state index in [0.717, 1.165) is 10.2 Å². The van der Waals surface area contributed by atoms with E-state index in [0.29, 0.717) is 4.92 Å². The van der Waals surface area contributed by atoms with Gasteiger partial charge in [-0.3, -0.25) is 0 Å². The summed E-state index contributed by atoms with van der Waals surface area (Å²) in [6, 6.07) is 13.1. The van der Waals surface area contributed by atoms with Gasteiger partial charge in [0.05, 0.1) is 0 Å². The largest absolute Gasteiger partial charge is 0.753 e. The molecular formula is C15H14BF2N5. The molecule has 0 aliphatic carbocycles. The molecule has 8 heteroatoms. The second kappa shape index (κ2) is 5.36. The molecule has 1 aromatic carbocycles. The van der Waals surface area contributed by atoms with E-state index in [1.54, 1.807) is 30.3 Å². The van der Waals surface area contributed by atoms with Gasteiger partial charge in [0.1, 0.15) is 12.3 Å². The Balaban J connectivity index is 2.11. The van der Waals surface area contributed by atoms with Gasteiger partial charge in [0.15, 0.2) is 5.69 Å². The summed E-state index contributed by atoms with van der Waals surface area (Å²) in [6.07, 6.45) is 1.27. The van der Waals surface area contributed by atoms with Gasteiger partial charge in [-0.15, -0.1) is 0 Å². The van der Waals surface area contributed by atoms with Crippen LogP contribution in [0.2, 0.25) is 0 Å². The molecule has 0 saturated carbocycles. The number of benzene rings is 1. The average molecular weight is 313 g/mol. The molecule has 23 heavy (non-hydrogen) atoms. The highest BCUT2D eigenvalue weighted by atomic mass is 19.2. The molecular weight excluding hydrogens is 299 g/mol. The number of hydrogen-bond acceptors (Lipinski definition) is 4. The van der Waals surface area contributed by atoms with Crippen LogP contribution in [0.1, 0.15) is 5.69 Å². The molecule has 0 bridgehead atoms. The normalized spacial score (nSPS) is 15.4. The van der Waals surface area contributed by atoms with Crippen molar-refractivity contribution in [2.75, 3.05) is 23.9 Å². The second-order valence-electron chi connectivity index (χ2n) is 5.40. The lowest BCUT2D eigenvalue weighted by Crippen LogP contribution is -2.72. The monoisotopic (exact) mass is 313 g/mol. The summed E-state index contributed by atoms with van der Waals surface area (Å²) in [6.45, 7) is -4.16. The molecule has 2 heterocycles. The maximum atomic E-state index is 14.8. The Morgan fingerprint density at radius 1 is 1.17 bits per heavy atom. The zero-order valence-electron chi connectivity index (χ0n) is 12.7. The fourth-order valence-corrected chi connectivity index (χ4v) is 2.49. The molecule has 2 aromatic rings. The Labute approximate surface area is 132 Å². The van der Waals surface area contributed by atoms with Crippen molar-refractivity contribution in [2.45, 2.75) is 0 Å². The summed E-state index contributed by atoms with van der Waals surface area (Å²) in [4.78, 5) is 2.50. The highest BCUT2D eigenvalue weighted by molar-refractivity contribution is 6.62. The molecule has 0 unspecified atom stereocenters. The molecule has 1 aliphatic rings. The molecule has 5 nitrogen and oxygen atoms in total. The van der Waals surface area contributed by atoms with Gasteiger partial charge in [0.25, 0.3) is 0 Å². The van der Waals surface area contributed by atoms with Crippen molar-refractivity contribution in [1.29, 1.82) is 5.26 Å². The number of nitriles is 1. The van der Waals surface area contributed by atoms with Crippen molar-refractivity contribution in [3.8, 4) is 6.07 Å². The fraction of sp³-hybridized carbons (Fsp3) is 0.133. The number of nitrogens with zero attached hydrogens (tertiary/aromatic N) is 5. The number of anilines is 2.